The molecule has 0 saturated heterocycles. The number of hydrogen-bond acceptors (Lipinski definition) is 2. The monoisotopic (exact) mass is 218 g/mol. The van der Waals surface area contributed by atoms with Crippen molar-refractivity contribution >= 4 is 39.7 Å². The Bertz CT molecular complexity index is 201. The second-order valence-corrected chi connectivity index (χ2v) is 4.76. The van der Waals surface area contributed by atoms with E-state index in [2.05, 4.69) is 0 Å². The van der Waals surface area contributed by atoms with Gasteiger partial charge in [-0.1, -0.05) is 33.1 Å². The van der Waals surface area contributed by atoms with Crippen LogP contribution in [0.15, 0.2) is 0 Å². The molecule has 0 heterocycles. The molecule has 1 N–H and O–H groups in total. The summed E-state index contributed by atoms with van der Waals surface area (Å²) in [6.07, 6.45) is 3.79. The van der Waals surface area contributed by atoms with Crippen molar-refractivity contribution < 1.29 is 13.0 Å². The Balaban J connectivity index is 0. The minimum absolute atomic E-state index is 0. The van der Waals surface area contributed by atoms with Gasteiger partial charge >= 0.3 is 29.6 Å². The summed E-state index contributed by atoms with van der Waals surface area (Å²) in [5, 5.41) is -0.539. The molecule has 0 radical (unpaired) electrons. The van der Waals surface area contributed by atoms with Crippen molar-refractivity contribution in [2.75, 3.05) is 0 Å². The summed E-state index contributed by atoms with van der Waals surface area (Å²) >= 11 is 0. The molecule has 0 aliphatic heterocycles. The molecule has 13 heavy (non-hydrogen) atoms. The van der Waals surface area contributed by atoms with Gasteiger partial charge in [-0.2, -0.15) is 8.42 Å². The van der Waals surface area contributed by atoms with Crippen molar-refractivity contribution in [1.29, 1.82) is 0 Å². The molecule has 0 amide bonds. The van der Waals surface area contributed by atoms with E-state index in [1.165, 1.54) is 0 Å². The van der Waals surface area contributed by atoms with Gasteiger partial charge in [0.2, 0.25) is 0 Å². The van der Waals surface area contributed by atoms with Crippen LogP contribution in [0.2, 0.25) is 0 Å². The van der Waals surface area contributed by atoms with Gasteiger partial charge in [0, 0.05) is 0 Å². The third-order valence-corrected chi connectivity index (χ3v) is 3.23. The molecule has 0 spiro atoms. The summed E-state index contributed by atoms with van der Waals surface area (Å²) in [6, 6.07) is 0. The van der Waals surface area contributed by atoms with Crippen molar-refractivity contribution in [2.24, 2.45) is 0 Å². The molecule has 0 bridgehead atoms. The van der Waals surface area contributed by atoms with Crippen molar-refractivity contribution in [3.8, 4) is 0 Å². The molecular weight excluding hydrogens is 199 g/mol. The van der Waals surface area contributed by atoms with Gasteiger partial charge in [0.15, 0.2) is 0 Å². The van der Waals surface area contributed by atoms with Crippen LogP contribution in [0.1, 0.15) is 46.0 Å². The Morgan fingerprint density at radius 3 is 2.00 bits per heavy atom. The molecule has 0 aromatic heterocycles. The molecule has 76 valence electrons. The fourth-order valence-corrected chi connectivity index (χ4v) is 2.19. The molecule has 0 saturated carbocycles. The van der Waals surface area contributed by atoms with Crippen molar-refractivity contribution in [1.82, 2.24) is 0 Å². The first kappa shape index (κ1) is 16.3. The van der Waals surface area contributed by atoms with Gasteiger partial charge in [0.25, 0.3) is 10.1 Å². The average Bonchev–Trinajstić information content (AvgIpc) is 1.95. The molecule has 0 aromatic rings. The fraction of sp³-hybridized carbons (Fsp3) is 1.00. The van der Waals surface area contributed by atoms with Crippen LogP contribution in [0, 0.1) is 0 Å². The van der Waals surface area contributed by atoms with E-state index in [1.54, 1.807) is 0 Å². The van der Waals surface area contributed by atoms with E-state index in [4.69, 9.17) is 4.55 Å². The van der Waals surface area contributed by atoms with Crippen LogP contribution in [0.4, 0.5) is 0 Å². The molecule has 0 aliphatic carbocycles. The number of unbranched alkanes of at least 4 members (excludes halogenated alkanes) is 1. The Hall–Kier alpha value is 0.910. The zero-order chi connectivity index (χ0) is 9.61. The molecule has 0 rings (SSSR count). The van der Waals surface area contributed by atoms with Gasteiger partial charge in [-0.15, -0.1) is 0 Å². The predicted octanol–water partition coefficient (Wildman–Crippen LogP) is 1.58. The Morgan fingerprint density at radius 2 is 1.69 bits per heavy atom. The summed E-state index contributed by atoms with van der Waals surface area (Å²) < 4.78 is 30.4. The van der Waals surface area contributed by atoms with Gasteiger partial charge in [0.05, 0.1) is 5.25 Å². The normalized spacial score (nSPS) is 13.5. The standard InChI is InChI=1S/C8H18O3S.Na.H/c1-3-5-7-8(6-4-2)12(9,10)11;;/h8H,3-7H2,1-2H3,(H,9,10,11);;. The van der Waals surface area contributed by atoms with E-state index in [0.717, 1.165) is 19.3 Å². The van der Waals surface area contributed by atoms with Gasteiger partial charge in [-0.05, 0) is 12.8 Å². The molecule has 0 aromatic carbocycles. The summed E-state index contributed by atoms with van der Waals surface area (Å²) in [6.45, 7) is 3.93. The molecule has 1 atom stereocenters. The fourth-order valence-electron chi connectivity index (χ4n) is 1.20. The third-order valence-electron chi connectivity index (χ3n) is 1.91. The van der Waals surface area contributed by atoms with Gasteiger partial charge in [-0.3, -0.25) is 4.55 Å². The average molecular weight is 218 g/mol. The molecular formula is C8H19NaO3S. The van der Waals surface area contributed by atoms with E-state index in [1.807, 2.05) is 13.8 Å². The van der Waals surface area contributed by atoms with Crippen molar-refractivity contribution in [2.45, 2.75) is 51.2 Å². The van der Waals surface area contributed by atoms with Gasteiger partial charge in [-0.25, -0.2) is 0 Å². The van der Waals surface area contributed by atoms with Crippen LogP contribution in [0.5, 0.6) is 0 Å². The van der Waals surface area contributed by atoms with Crippen LogP contribution >= 0.6 is 0 Å². The van der Waals surface area contributed by atoms with E-state index >= 15 is 0 Å². The van der Waals surface area contributed by atoms with Crippen LogP contribution in [-0.2, 0) is 10.1 Å². The molecule has 0 fully saturated rings. The summed E-state index contributed by atoms with van der Waals surface area (Å²) in [4.78, 5) is 0. The van der Waals surface area contributed by atoms with Gasteiger partial charge < -0.3 is 0 Å². The zero-order valence-electron chi connectivity index (χ0n) is 7.78. The summed E-state index contributed by atoms with van der Waals surface area (Å²) in [5.74, 6) is 0. The minimum atomic E-state index is -3.80. The second-order valence-electron chi connectivity index (χ2n) is 3.07. The topological polar surface area (TPSA) is 54.4 Å². The van der Waals surface area contributed by atoms with E-state index in [9.17, 15) is 8.42 Å². The first-order valence-electron chi connectivity index (χ1n) is 4.48. The Kier molecular flexibility index (Phi) is 10.4. The van der Waals surface area contributed by atoms with E-state index in [-0.39, 0.29) is 29.6 Å². The van der Waals surface area contributed by atoms with Crippen LogP contribution in [0.25, 0.3) is 0 Å². The second kappa shape index (κ2) is 8.24. The maximum absolute atomic E-state index is 10.8. The van der Waals surface area contributed by atoms with Crippen LogP contribution < -0.4 is 0 Å². The van der Waals surface area contributed by atoms with E-state index in [0.29, 0.717) is 12.8 Å². The first-order chi connectivity index (χ1) is 5.52. The molecule has 3 nitrogen and oxygen atoms in total. The van der Waals surface area contributed by atoms with Crippen molar-refractivity contribution in [3.63, 3.8) is 0 Å². The number of hydrogen-bond donors (Lipinski definition) is 1. The quantitative estimate of drug-likeness (QED) is 0.544. The molecule has 1 unspecified atom stereocenters. The van der Waals surface area contributed by atoms with Crippen LogP contribution in [-0.4, -0.2) is 47.8 Å². The summed E-state index contributed by atoms with van der Waals surface area (Å²) in [7, 11) is -3.80. The summed E-state index contributed by atoms with van der Waals surface area (Å²) in [5.41, 5.74) is 0. The zero-order valence-corrected chi connectivity index (χ0v) is 8.60. The van der Waals surface area contributed by atoms with Gasteiger partial charge in [0.1, 0.15) is 0 Å². The van der Waals surface area contributed by atoms with E-state index < -0.39 is 15.4 Å². The Morgan fingerprint density at radius 1 is 1.15 bits per heavy atom. The number of rotatable bonds is 6. The maximum atomic E-state index is 10.8. The molecule has 5 heteroatoms. The molecule has 0 aliphatic rings. The third kappa shape index (κ3) is 7.94. The van der Waals surface area contributed by atoms with Crippen LogP contribution in [0.3, 0.4) is 0 Å². The predicted molar refractivity (Wildman–Crippen MR) is 56.9 cm³/mol. The SMILES string of the molecule is CCCCC(CCC)S(=O)(=O)O.[NaH]. The first-order valence-corrected chi connectivity index (χ1v) is 5.99. The Labute approximate surface area is 103 Å². The van der Waals surface area contributed by atoms with Crippen molar-refractivity contribution in [3.05, 3.63) is 0 Å².